The zero-order chi connectivity index (χ0) is 36.1. The van der Waals surface area contributed by atoms with Crippen LogP contribution in [0.5, 0.6) is 0 Å². The molecular formula is C32H20Br4N6O6S2. The van der Waals surface area contributed by atoms with E-state index in [-0.39, 0.29) is 33.5 Å². The van der Waals surface area contributed by atoms with Gasteiger partial charge in [-0.05, 0) is 122 Å². The number of nitrogen functional groups attached to an aromatic ring is 2. The number of hydrogen-bond acceptors (Lipinski definition) is 10. The molecule has 6 aromatic rings. The number of rotatable bonds is 7. The molecule has 50 heavy (non-hydrogen) atoms. The van der Waals surface area contributed by atoms with E-state index in [1.165, 1.54) is 12.1 Å². The summed E-state index contributed by atoms with van der Waals surface area (Å²) >= 11 is 14.2. The molecule has 0 radical (unpaired) electrons. The van der Waals surface area contributed by atoms with E-state index in [0.717, 1.165) is 11.1 Å². The molecule has 6 aromatic carbocycles. The van der Waals surface area contributed by atoms with Crippen LogP contribution < -0.4 is 11.5 Å². The highest BCUT2D eigenvalue weighted by molar-refractivity contribution is 9.11. The Balaban J connectivity index is 1.34. The number of halogens is 4. The zero-order valence-electron chi connectivity index (χ0n) is 24.9. The first-order valence-electron chi connectivity index (χ1n) is 13.9. The monoisotopic (exact) mass is 964 g/mol. The summed E-state index contributed by atoms with van der Waals surface area (Å²) in [6.45, 7) is 0. The van der Waals surface area contributed by atoms with Crippen LogP contribution in [-0.4, -0.2) is 25.9 Å². The van der Waals surface area contributed by atoms with Gasteiger partial charge in [-0.1, -0.05) is 48.5 Å². The Kier molecular flexibility index (Phi) is 10.0. The zero-order valence-corrected chi connectivity index (χ0v) is 32.9. The number of nitrogens with zero attached hydrogens (tertiary/aromatic N) is 4. The third-order valence-electron chi connectivity index (χ3n) is 7.43. The van der Waals surface area contributed by atoms with Crippen molar-refractivity contribution >= 4 is 140 Å². The Hall–Kier alpha value is -3.62. The molecule has 0 aliphatic heterocycles. The summed E-state index contributed by atoms with van der Waals surface area (Å²) in [7, 11) is -9.33. The van der Waals surface area contributed by atoms with Gasteiger partial charge in [-0.15, -0.1) is 20.5 Å². The summed E-state index contributed by atoms with van der Waals surface area (Å²) in [4.78, 5) is -0.887. The van der Waals surface area contributed by atoms with Gasteiger partial charge >= 0.3 is 0 Å². The van der Waals surface area contributed by atoms with Gasteiger partial charge in [0.15, 0.2) is 0 Å². The second kappa shape index (κ2) is 13.8. The smallest absolute Gasteiger partial charge is 0.297 e. The topological polar surface area (TPSA) is 210 Å². The van der Waals surface area contributed by atoms with Crippen molar-refractivity contribution in [3.63, 3.8) is 0 Å². The third kappa shape index (κ3) is 7.11. The van der Waals surface area contributed by atoms with Crippen LogP contribution in [0.3, 0.4) is 0 Å². The minimum absolute atomic E-state index is 0.0523. The molecule has 0 amide bonds. The predicted molar refractivity (Wildman–Crippen MR) is 207 cm³/mol. The van der Waals surface area contributed by atoms with Crippen LogP contribution in [0.1, 0.15) is 0 Å². The molecule has 0 fully saturated rings. The van der Waals surface area contributed by atoms with Crippen molar-refractivity contribution in [3.05, 3.63) is 103 Å². The lowest BCUT2D eigenvalue weighted by Gasteiger charge is -2.11. The fourth-order valence-electron chi connectivity index (χ4n) is 5.22. The van der Waals surface area contributed by atoms with Gasteiger partial charge in [0.2, 0.25) is 0 Å². The third-order valence-corrected chi connectivity index (χ3v) is 11.8. The second-order valence-electron chi connectivity index (χ2n) is 10.6. The van der Waals surface area contributed by atoms with Crippen molar-refractivity contribution in [2.75, 3.05) is 11.5 Å². The Morgan fingerprint density at radius 2 is 0.820 bits per heavy atom. The van der Waals surface area contributed by atoms with Crippen molar-refractivity contribution in [3.8, 4) is 11.1 Å². The van der Waals surface area contributed by atoms with Crippen LogP contribution in [0.15, 0.2) is 133 Å². The van der Waals surface area contributed by atoms with Crippen LogP contribution in [0.4, 0.5) is 34.1 Å². The van der Waals surface area contributed by atoms with Crippen molar-refractivity contribution in [1.82, 2.24) is 0 Å². The van der Waals surface area contributed by atoms with Crippen LogP contribution in [0.2, 0.25) is 0 Å². The number of fused-ring (bicyclic) bond motifs is 2. The molecule has 0 aliphatic rings. The van der Waals surface area contributed by atoms with E-state index in [1.807, 2.05) is 0 Å². The molecule has 0 heterocycles. The maximum Gasteiger partial charge on any atom is 0.297 e. The Bertz CT molecular complexity index is 2460. The second-order valence-corrected chi connectivity index (χ2v) is 16.8. The SMILES string of the molecule is Nc1c(/N=N/c2c(Br)cc(-c3cc(Br)c(/N=N/c4cc5ccccc5c(S(=O)(=O)O)c4N)c(Br)c3)cc2Br)cc2ccccc2c1S(=O)(=O)O. The van der Waals surface area contributed by atoms with Crippen LogP contribution in [-0.2, 0) is 20.2 Å². The van der Waals surface area contributed by atoms with E-state index in [4.69, 9.17) is 11.5 Å². The molecule has 0 bridgehead atoms. The first-order chi connectivity index (χ1) is 23.5. The van der Waals surface area contributed by atoms with Gasteiger partial charge in [-0.3, -0.25) is 9.11 Å². The molecular weight excluding hydrogens is 948 g/mol. The maximum atomic E-state index is 12.2. The summed E-state index contributed by atoms with van der Waals surface area (Å²) in [5.74, 6) is 0. The standard InChI is InChI=1S/C32H20Br4N6O6S2/c33-21-9-17(10-22(34)29(21)41-39-25-13-15-5-1-3-7-19(15)31(27(25)37)49(43,44)45)18-11-23(35)30(24(36)12-18)42-40-26-14-16-6-2-4-8-20(16)32(28(26)38)50(46,47)48/h1-14H,37-38H2,(H,43,44,45)(H,46,47,48)/b41-39+,42-40+. The lowest BCUT2D eigenvalue weighted by atomic mass is 10.1. The summed E-state index contributed by atoms with van der Waals surface area (Å²) in [5.41, 5.74) is 14.2. The van der Waals surface area contributed by atoms with Gasteiger partial charge in [0.05, 0.1) is 11.4 Å². The van der Waals surface area contributed by atoms with E-state index in [9.17, 15) is 25.9 Å². The lowest BCUT2D eigenvalue weighted by molar-refractivity contribution is 0.482. The molecule has 0 spiro atoms. The molecule has 18 heteroatoms. The molecule has 0 atom stereocenters. The Morgan fingerprint density at radius 1 is 0.500 bits per heavy atom. The summed E-state index contributed by atoms with van der Waals surface area (Å²) in [5, 5.41) is 18.6. The number of hydrogen-bond donors (Lipinski definition) is 4. The van der Waals surface area contributed by atoms with Gasteiger partial charge < -0.3 is 11.5 Å². The first-order valence-corrected chi connectivity index (χ1v) is 20.0. The van der Waals surface area contributed by atoms with Gasteiger partial charge in [-0.25, -0.2) is 0 Å². The summed E-state index contributed by atoms with van der Waals surface area (Å²) < 4.78 is 70.6. The molecule has 0 aromatic heterocycles. The van der Waals surface area contributed by atoms with Gasteiger partial charge in [0.25, 0.3) is 20.2 Å². The number of azo groups is 2. The van der Waals surface area contributed by atoms with E-state index < -0.39 is 30.0 Å². The maximum absolute atomic E-state index is 12.2. The first kappa shape index (κ1) is 36.2. The van der Waals surface area contributed by atoms with Crippen molar-refractivity contribution < 1.29 is 25.9 Å². The molecule has 6 rings (SSSR count). The Morgan fingerprint density at radius 3 is 1.14 bits per heavy atom. The van der Waals surface area contributed by atoms with Crippen molar-refractivity contribution in [1.29, 1.82) is 0 Å². The van der Waals surface area contributed by atoms with Gasteiger partial charge in [-0.2, -0.15) is 16.8 Å². The van der Waals surface area contributed by atoms with Crippen LogP contribution in [0, 0.1) is 0 Å². The average Bonchev–Trinajstić information content (AvgIpc) is 3.02. The molecule has 0 saturated heterocycles. The predicted octanol–water partition coefficient (Wildman–Crippen LogP) is 11.2. The molecule has 0 saturated carbocycles. The van der Waals surface area contributed by atoms with Gasteiger partial charge in [0, 0.05) is 28.7 Å². The van der Waals surface area contributed by atoms with Crippen LogP contribution in [0.25, 0.3) is 32.7 Å². The normalized spacial score (nSPS) is 12.5. The summed E-state index contributed by atoms with van der Waals surface area (Å²) in [6.07, 6.45) is 0. The van der Waals surface area contributed by atoms with E-state index >= 15 is 0 Å². The fourth-order valence-corrected chi connectivity index (χ4v) is 9.60. The fraction of sp³-hybridized carbons (Fsp3) is 0. The average molecular weight is 968 g/mol. The molecule has 0 aliphatic carbocycles. The highest BCUT2D eigenvalue weighted by Gasteiger charge is 2.23. The number of benzene rings is 6. The van der Waals surface area contributed by atoms with Gasteiger partial charge in [0.1, 0.15) is 32.5 Å². The summed E-state index contributed by atoms with van der Waals surface area (Å²) in [6, 6.07) is 23.5. The Labute approximate surface area is 318 Å². The molecule has 6 N–H and O–H groups in total. The lowest BCUT2D eigenvalue weighted by Crippen LogP contribution is -2.04. The molecule has 0 unspecified atom stereocenters. The largest absolute Gasteiger partial charge is 0.396 e. The quantitative estimate of drug-likeness (QED) is 0.0685. The van der Waals surface area contributed by atoms with Crippen LogP contribution >= 0.6 is 63.7 Å². The number of nitrogens with two attached hydrogens (primary N) is 2. The minimum atomic E-state index is -4.67. The van der Waals surface area contributed by atoms with Crippen molar-refractivity contribution in [2.45, 2.75) is 9.79 Å². The van der Waals surface area contributed by atoms with E-state index in [2.05, 4.69) is 84.2 Å². The highest BCUT2D eigenvalue weighted by Crippen LogP contribution is 2.45. The molecule has 254 valence electrons. The van der Waals surface area contributed by atoms with E-state index in [0.29, 0.717) is 40.0 Å². The molecule has 12 nitrogen and oxygen atoms in total. The number of anilines is 2. The minimum Gasteiger partial charge on any atom is -0.396 e. The van der Waals surface area contributed by atoms with E-state index in [1.54, 1.807) is 72.8 Å². The highest BCUT2D eigenvalue weighted by atomic mass is 79.9. The van der Waals surface area contributed by atoms with Crippen molar-refractivity contribution in [2.24, 2.45) is 20.5 Å².